The van der Waals surface area contributed by atoms with Crippen LogP contribution in [0.2, 0.25) is 0 Å². The smallest absolute Gasteiger partial charge is 0.119 e. The van der Waals surface area contributed by atoms with Crippen molar-refractivity contribution in [2.75, 3.05) is 6.54 Å². The van der Waals surface area contributed by atoms with Crippen LogP contribution in [0.5, 0.6) is 5.75 Å². The molecule has 0 fully saturated rings. The van der Waals surface area contributed by atoms with Gasteiger partial charge in [0.1, 0.15) is 5.75 Å². The van der Waals surface area contributed by atoms with Crippen LogP contribution in [0.1, 0.15) is 50.3 Å². The predicted octanol–water partition coefficient (Wildman–Crippen LogP) is 5.51. The first-order valence-electron chi connectivity index (χ1n) is 9.09. The minimum atomic E-state index is -0.0129. The highest BCUT2D eigenvalue weighted by atomic mass is 16.3. The van der Waals surface area contributed by atoms with Gasteiger partial charge in [0.25, 0.3) is 0 Å². The van der Waals surface area contributed by atoms with Crippen LogP contribution in [0, 0.1) is 6.92 Å². The molecule has 2 heteroatoms. The van der Waals surface area contributed by atoms with E-state index in [1.54, 1.807) is 6.07 Å². The number of phenolic OH excluding ortho intramolecular Hbond substituents is 1. The van der Waals surface area contributed by atoms with Crippen LogP contribution in [0.25, 0.3) is 0 Å². The summed E-state index contributed by atoms with van der Waals surface area (Å²) in [5, 5.41) is 10.5. The molecule has 0 radical (unpaired) electrons. The third kappa shape index (κ3) is 4.73. The van der Waals surface area contributed by atoms with Gasteiger partial charge in [-0.1, -0.05) is 60.2 Å². The summed E-state index contributed by atoms with van der Waals surface area (Å²) in [6, 6.07) is 17.0. The highest BCUT2D eigenvalue weighted by Crippen LogP contribution is 2.37. The fourth-order valence-corrected chi connectivity index (χ4v) is 3.47. The number of aromatic hydroxyl groups is 1. The van der Waals surface area contributed by atoms with E-state index < -0.39 is 0 Å². The Morgan fingerprint density at radius 2 is 1.60 bits per heavy atom. The first-order valence-corrected chi connectivity index (χ1v) is 9.09. The Morgan fingerprint density at radius 1 is 1.00 bits per heavy atom. The molecule has 0 aliphatic rings. The van der Waals surface area contributed by atoms with Gasteiger partial charge in [0.2, 0.25) is 0 Å². The topological polar surface area (TPSA) is 23.5 Å². The molecule has 0 saturated heterocycles. The maximum Gasteiger partial charge on any atom is 0.119 e. The van der Waals surface area contributed by atoms with E-state index in [2.05, 4.69) is 64.3 Å². The van der Waals surface area contributed by atoms with E-state index in [0.717, 1.165) is 23.2 Å². The second-order valence-corrected chi connectivity index (χ2v) is 7.42. The lowest BCUT2D eigenvalue weighted by Crippen LogP contribution is -2.39. The number of benzene rings is 2. The summed E-state index contributed by atoms with van der Waals surface area (Å²) in [4.78, 5) is 2.44. The number of hydrogen-bond acceptors (Lipinski definition) is 2. The highest BCUT2D eigenvalue weighted by molar-refractivity contribution is 5.48. The SMILES string of the molecule is C=C(CN(C(C)C)C(C)C)[C@H](c1ccccc1)c1cc(C)ccc1O. The second kappa shape index (κ2) is 8.35. The van der Waals surface area contributed by atoms with E-state index in [9.17, 15) is 5.11 Å². The maximum absolute atomic E-state index is 10.5. The molecule has 0 heterocycles. The third-order valence-corrected chi connectivity index (χ3v) is 4.75. The summed E-state index contributed by atoms with van der Waals surface area (Å²) in [6.07, 6.45) is 0. The van der Waals surface area contributed by atoms with Crippen molar-refractivity contribution in [1.29, 1.82) is 0 Å². The predicted molar refractivity (Wildman–Crippen MR) is 107 cm³/mol. The van der Waals surface area contributed by atoms with Crippen LogP contribution >= 0.6 is 0 Å². The molecule has 0 aliphatic carbocycles. The van der Waals surface area contributed by atoms with Crippen molar-refractivity contribution in [2.45, 2.75) is 52.6 Å². The van der Waals surface area contributed by atoms with Gasteiger partial charge in [0.05, 0.1) is 0 Å². The Labute approximate surface area is 152 Å². The Balaban J connectivity index is 2.45. The van der Waals surface area contributed by atoms with Crippen molar-refractivity contribution in [3.63, 3.8) is 0 Å². The molecule has 2 aromatic carbocycles. The molecular formula is C23H31NO. The molecule has 1 atom stereocenters. The van der Waals surface area contributed by atoms with Gasteiger partial charge >= 0.3 is 0 Å². The average Bonchev–Trinajstić information content (AvgIpc) is 2.56. The zero-order valence-corrected chi connectivity index (χ0v) is 16.2. The molecule has 134 valence electrons. The number of rotatable bonds is 7. The van der Waals surface area contributed by atoms with Gasteiger partial charge in [0.15, 0.2) is 0 Å². The Bertz CT molecular complexity index is 695. The van der Waals surface area contributed by atoms with Gasteiger partial charge in [-0.15, -0.1) is 0 Å². The van der Waals surface area contributed by atoms with Crippen LogP contribution in [0.3, 0.4) is 0 Å². The zero-order valence-electron chi connectivity index (χ0n) is 16.2. The van der Waals surface area contributed by atoms with Gasteiger partial charge in [0, 0.05) is 30.1 Å². The standard InChI is InChI=1S/C23H31NO/c1-16(2)24(17(3)4)15-19(6)23(20-10-8-7-9-11-20)21-14-18(5)12-13-22(21)25/h7-14,16-17,23,25H,6,15H2,1-5H3/t23-/m1/s1. The molecule has 25 heavy (non-hydrogen) atoms. The molecule has 1 N–H and O–H groups in total. The molecule has 0 amide bonds. The lowest BCUT2D eigenvalue weighted by molar-refractivity contribution is 0.189. The van der Waals surface area contributed by atoms with E-state index in [-0.39, 0.29) is 5.92 Å². The molecule has 0 spiro atoms. The third-order valence-electron chi connectivity index (χ3n) is 4.75. The van der Waals surface area contributed by atoms with Crippen LogP contribution in [0.15, 0.2) is 60.7 Å². The largest absolute Gasteiger partial charge is 0.508 e. The molecule has 0 bridgehead atoms. The van der Waals surface area contributed by atoms with Crippen LogP contribution in [0.4, 0.5) is 0 Å². The average molecular weight is 338 g/mol. The van der Waals surface area contributed by atoms with Gasteiger partial charge in [-0.05, 0) is 46.2 Å². The first-order chi connectivity index (χ1) is 11.8. The fourth-order valence-electron chi connectivity index (χ4n) is 3.47. The number of nitrogens with zero attached hydrogens (tertiary/aromatic N) is 1. The lowest BCUT2D eigenvalue weighted by Gasteiger charge is -2.33. The van der Waals surface area contributed by atoms with Crippen molar-refractivity contribution in [3.05, 3.63) is 77.4 Å². The normalized spacial score (nSPS) is 12.8. The van der Waals surface area contributed by atoms with Crippen molar-refractivity contribution in [2.24, 2.45) is 0 Å². The van der Waals surface area contributed by atoms with Crippen LogP contribution in [-0.2, 0) is 0 Å². The van der Waals surface area contributed by atoms with Crippen molar-refractivity contribution < 1.29 is 5.11 Å². The van der Waals surface area contributed by atoms with E-state index in [1.165, 1.54) is 5.56 Å². The van der Waals surface area contributed by atoms with Gasteiger partial charge < -0.3 is 5.11 Å². The molecule has 0 aliphatic heterocycles. The van der Waals surface area contributed by atoms with Crippen molar-refractivity contribution in [1.82, 2.24) is 4.90 Å². The lowest BCUT2D eigenvalue weighted by atomic mass is 9.84. The first kappa shape index (κ1) is 19.3. The van der Waals surface area contributed by atoms with Crippen molar-refractivity contribution in [3.8, 4) is 5.75 Å². The molecule has 2 aromatic rings. The number of aryl methyl sites for hydroxylation is 1. The molecule has 0 saturated carbocycles. The highest BCUT2D eigenvalue weighted by Gasteiger charge is 2.24. The monoisotopic (exact) mass is 337 g/mol. The van der Waals surface area contributed by atoms with E-state index in [0.29, 0.717) is 17.8 Å². The Kier molecular flexibility index (Phi) is 6.44. The quantitative estimate of drug-likeness (QED) is 0.674. The summed E-state index contributed by atoms with van der Waals surface area (Å²) in [7, 11) is 0. The molecule has 2 rings (SSSR count). The van der Waals surface area contributed by atoms with Crippen LogP contribution in [-0.4, -0.2) is 28.6 Å². The number of hydrogen-bond donors (Lipinski definition) is 1. The minimum absolute atomic E-state index is 0.0129. The number of phenols is 1. The van der Waals surface area contributed by atoms with Gasteiger partial charge in [-0.3, -0.25) is 4.90 Å². The summed E-state index contributed by atoms with van der Waals surface area (Å²) in [5.41, 5.74) is 4.35. The molecular weight excluding hydrogens is 306 g/mol. The van der Waals surface area contributed by atoms with Gasteiger partial charge in [-0.2, -0.15) is 0 Å². The Hall–Kier alpha value is -2.06. The van der Waals surface area contributed by atoms with E-state index >= 15 is 0 Å². The minimum Gasteiger partial charge on any atom is -0.508 e. The van der Waals surface area contributed by atoms with Crippen molar-refractivity contribution >= 4 is 0 Å². The molecule has 0 aromatic heterocycles. The second-order valence-electron chi connectivity index (χ2n) is 7.42. The Morgan fingerprint density at radius 3 is 2.16 bits per heavy atom. The molecule has 2 nitrogen and oxygen atoms in total. The van der Waals surface area contributed by atoms with E-state index in [4.69, 9.17) is 0 Å². The summed E-state index contributed by atoms with van der Waals surface area (Å²) in [6.45, 7) is 16.2. The summed E-state index contributed by atoms with van der Waals surface area (Å²) >= 11 is 0. The maximum atomic E-state index is 10.5. The zero-order chi connectivity index (χ0) is 18.6. The van der Waals surface area contributed by atoms with Crippen LogP contribution < -0.4 is 0 Å². The van der Waals surface area contributed by atoms with Gasteiger partial charge in [-0.25, -0.2) is 0 Å². The summed E-state index contributed by atoms with van der Waals surface area (Å²) in [5.74, 6) is 0.322. The van der Waals surface area contributed by atoms with E-state index in [1.807, 2.05) is 24.3 Å². The summed E-state index contributed by atoms with van der Waals surface area (Å²) < 4.78 is 0. The fraction of sp³-hybridized carbons (Fsp3) is 0.391. The molecule has 0 unspecified atom stereocenters.